The first-order valence-corrected chi connectivity index (χ1v) is 5.09. The van der Waals surface area contributed by atoms with Crippen molar-refractivity contribution in [3.8, 4) is 5.75 Å². The number of H-pyrrole nitrogens is 1. The van der Waals surface area contributed by atoms with Gasteiger partial charge in [-0.2, -0.15) is 0 Å². The molecule has 90 valence electrons. The number of nitrogens with one attached hydrogen (secondary N) is 1. The molecule has 0 bridgehead atoms. The van der Waals surface area contributed by atoms with Crippen LogP contribution < -0.4 is 16.0 Å². The van der Waals surface area contributed by atoms with E-state index in [1.165, 1.54) is 7.11 Å². The standard InChI is InChI=1S/C11H12N2O4/c1-17-7-2-3-8-9(6-7)12-11(16)13(4-5-14)10(8)15/h2-3,6,14H,4-5H2,1H3,(H,12,16). The summed E-state index contributed by atoms with van der Waals surface area (Å²) in [5.74, 6) is 0.562. The fourth-order valence-corrected chi connectivity index (χ4v) is 1.66. The molecule has 0 atom stereocenters. The van der Waals surface area contributed by atoms with Gasteiger partial charge in [0.1, 0.15) is 5.75 Å². The van der Waals surface area contributed by atoms with E-state index >= 15 is 0 Å². The first-order chi connectivity index (χ1) is 8.17. The Balaban J connectivity index is 2.77. The van der Waals surface area contributed by atoms with E-state index in [0.717, 1.165) is 4.57 Å². The number of fused-ring (bicyclic) bond motifs is 1. The highest BCUT2D eigenvalue weighted by Gasteiger charge is 2.07. The second kappa shape index (κ2) is 4.42. The van der Waals surface area contributed by atoms with Gasteiger partial charge in [-0.1, -0.05) is 0 Å². The molecule has 1 aromatic heterocycles. The lowest BCUT2D eigenvalue weighted by Crippen LogP contribution is -2.35. The van der Waals surface area contributed by atoms with Crippen molar-refractivity contribution in [3.63, 3.8) is 0 Å². The Bertz CT molecular complexity index is 657. The van der Waals surface area contributed by atoms with Crippen LogP contribution in [0.1, 0.15) is 0 Å². The van der Waals surface area contributed by atoms with E-state index in [4.69, 9.17) is 9.84 Å². The first-order valence-electron chi connectivity index (χ1n) is 5.09. The number of ether oxygens (including phenoxy) is 1. The van der Waals surface area contributed by atoms with E-state index in [2.05, 4.69) is 4.98 Å². The van der Waals surface area contributed by atoms with Crippen LogP contribution in [-0.4, -0.2) is 28.4 Å². The molecule has 0 spiro atoms. The lowest BCUT2D eigenvalue weighted by molar-refractivity contribution is 0.272. The molecule has 6 nitrogen and oxygen atoms in total. The monoisotopic (exact) mass is 236 g/mol. The van der Waals surface area contributed by atoms with Crippen LogP contribution in [0.3, 0.4) is 0 Å². The van der Waals surface area contributed by atoms with Gasteiger partial charge in [0, 0.05) is 6.07 Å². The quantitative estimate of drug-likeness (QED) is 0.765. The minimum Gasteiger partial charge on any atom is -0.497 e. The average molecular weight is 236 g/mol. The van der Waals surface area contributed by atoms with Gasteiger partial charge in [-0.3, -0.25) is 9.36 Å². The van der Waals surface area contributed by atoms with Crippen LogP contribution in [0.4, 0.5) is 0 Å². The Hall–Kier alpha value is -2.08. The number of nitrogens with zero attached hydrogens (tertiary/aromatic N) is 1. The van der Waals surface area contributed by atoms with Gasteiger partial charge in [0.25, 0.3) is 5.56 Å². The Kier molecular flexibility index (Phi) is 2.97. The van der Waals surface area contributed by atoms with Gasteiger partial charge in [-0.15, -0.1) is 0 Å². The molecule has 6 heteroatoms. The normalized spacial score (nSPS) is 10.7. The van der Waals surface area contributed by atoms with Gasteiger partial charge in [0.05, 0.1) is 31.2 Å². The van der Waals surface area contributed by atoms with Crippen molar-refractivity contribution >= 4 is 10.9 Å². The van der Waals surface area contributed by atoms with E-state index in [1.54, 1.807) is 18.2 Å². The molecule has 0 saturated carbocycles. The summed E-state index contributed by atoms with van der Waals surface area (Å²) in [6.45, 7) is -0.277. The number of aromatic nitrogens is 2. The van der Waals surface area contributed by atoms with E-state index < -0.39 is 11.2 Å². The van der Waals surface area contributed by atoms with Crippen LogP contribution in [0.2, 0.25) is 0 Å². The maximum absolute atomic E-state index is 11.9. The zero-order valence-electron chi connectivity index (χ0n) is 9.27. The summed E-state index contributed by atoms with van der Waals surface area (Å²) >= 11 is 0. The number of hydrogen-bond donors (Lipinski definition) is 2. The van der Waals surface area contributed by atoms with E-state index in [1.807, 2.05) is 0 Å². The van der Waals surface area contributed by atoms with E-state index in [-0.39, 0.29) is 13.2 Å². The zero-order chi connectivity index (χ0) is 12.4. The van der Waals surface area contributed by atoms with Crippen LogP contribution in [0.5, 0.6) is 5.75 Å². The molecule has 1 aromatic carbocycles. The molecule has 0 aliphatic rings. The van der Waals surface area contributed by atoms with E-state index in [0.29, 0.717) is 16.7 Å². The van der Waals surface area contributed by atoms with Crippen LogP contribution in [-0.2, 0) is 6.54 Å². The maximum atomic E-state index is 11.9. The van der Waals surface area contributed by atoms with Crippen molar-refractivity contribution < 1.29 is 9.84 Å². The number of aliphatic hydroxyl groups is 1. The summed E-state index contributed by atoms with van der Waals surface area (Å²) < 4.78 is 5.98. The van der Waals surface area contributed by atoms with Gasteiger partial charge in [-0.25, -0.2) is 4.79 Å². The molecule has 0 unspecified atom stereocenters. The van der Waals surface area contributed by atoms with Gasteiger partial charge < -0.3 is 14.8 Å². The highest BCUT2D eigenvalue weighted by molar-refractivity contribution is 5.78. The molecular formula is C11H12N2O4. The summed E-state index contributed by atoms with van der Waals surface area (Å²) in [4.78, 5) is 26.1. The van der Waals surface area contributed by atoms with Crippen molar-refractivity contribution in [2.45, 2.75) is 6.54 Å². The molecule has 0 aliphatic carbocycles. The molecule has 0 saturated heterocycles. The minimum atomic E-state index is -0.537. The fraction of sp³-hybridized carbons (Fsp3) is 0.273. The molecule has 0 amide bonds. The van der Waals surface area contributed by atoms with Crippen molar-refractivity contribution in [2.24, 2.45) is 0 Å². The topological polar surface area (TPSA) is 84.3 Å². The number of hydrogen-bond acceptors (Lipinski definition) is 4. The smallest absolute Gasteiger partial charge is 0.328 e. The lowest BCUT2D eigenvalue weighted by Gasteiger charge is -2.05. The van der Waals surface area contributed by atoms with Crippen LogP contribution >= 0.6 is 0 Å². The van der Waals surface area contributed by atoms with Crippen LogP contribution in [0.25, 0.3) is 10.9 Å². The highest BCUT2D eigenvalue weighted by atomic mass is 16.5. The van der Waals surface area contributed by atoms with E-state index in [9.17, 15) is 9.59 Å². The number of aromatic amines is 1. The Labute approximate surface area is 96.1 Å². The average Bonchev–Trinajstić information content (AvgIpc) is 2.33. The second-order valence-electron chi connectivity index (χ2n) is 3.52. The van der Waals surface area contributed by atoms with Crippen LogP contribution in [0, 0.1) is 0 Å². The summed E-state index contributed by atoms with van der Waals surface area (Å²) in [6.07, 6.45) is 0. The van der Waals surface area contributed by atoms with Crippen molar-refractivity contribution in [3.05, 3.63) is 39.0 Å². The lowest BCUT2D eigenvalue weighted by atomic mass is 10.2. The molecule has 0 radical (unpaired) electrons. The Morgan fingerprint density at radius 2 is 2.18 bits per heavy atom. The molecule has 0 fully saturated rings. The van der Waals surface area contributed by atoms with Gasteiger partial charge in [0.2, 0.25) is 0 Å². The molecule has 2 aromatic rings. The third kappa shape index (κ3) is 1.94. The third-order valence-electron chi connectivity index (χ3n) is 2.51. The molecule has 2 N–H and O–H groups in total. The summed E-state index contributed by atoms with van der Waals surface area (Å²) in [6, 6.07) is 4.81. The molecule has 1 heterocycles. The first kappa shape index (κ1) is 11.4. The Morgan fingerprint density at radius 3 is 2.82 bits per heavy atom. The second-order valence-corrected chi connectivity index (χ2v) is 3.52. The molecule has 17 heavy (non-hydrogen) atoms. The predicted molar refractivity (Wildman–Crippen MR) is 62.5 cm³/mol. The predicted octanol–water partition coefficient (Wildman–Crippen LogP) is -0.309. The van der Waals surface area contributed by atoms with Crippen molar-refractivity contribution in [1.82, 2.24) is 9.55 Å². The number of benzene rings is 1. The zero-order valence-corrected chi connectivity index (χ0v) is 9.27. The van der Waals surface area contributed by atoms with Gasteiger partial charge in [-0.05, 0) is 12.1 Å². The number of rotatable bonds is 3. The largest absolute Gasteiger partial charge is 0.497 e. The van der Waals surface area contributed by atoms with Crippen LogP contribution in [0.15, 0.2) is 27.8 Å². The molecule has 2 rings (SSSR count). The highest BCUT2D eigenvalue weighted by Crippen LogP contribution is 2.14. The minimum absolute atomic E-state index is 0.0177. The van der Waals surface area contributed by atoms with Gasteiger partial charge in [0.15, 0.2) is 0 Å². The molecule has 0 aliphatic heterocycles. The SMILES string of the molecule is COc1ccc2c(=O)n(CCO)c(=O)[nH]c2c1. The maximum Gasteiger partial charge on any atom is 0.328 e. The summed E-state index contributed by atoms with van der Waals surface area (Å²) in [5, 5.41) is 9.18. The molecular weight excluding hydrogens is 224 g/mol. The van der Waals surface area contributed by atoms with Gasteiger partial charge >= 0.3 is 5.69 Å². The number of methoxy groups -OCH3 is 1. The summed E-state index contributed by atoms with van der Waals surface area (Å²) in [5.41, 5.74) is -0.529. The fourth-order valence-electron chi connectivity index (χ4n) is 1.66. The Morgan fingerprint density at radius 1 is 1.41 bits per heavy atom. The van der Waals surface area contributed by atoms with Crippen molar-refractivity contribution in [2.75, 3.05) is 13.7 Å². The van der Waals surface area contributed by atoms with Crippen molar-refractivity contribution in [1.29, 1.82) is 0 Å². The number of aliphatic hydroxyl groups excluding tert-OH is 1. The summed E-state index contributed by atoms with van der Waals surface area (Å²) in [7, 11) is 1.51. The third-order valence-corrected chi connectivity index (χ3v) is 2.51.